The van der Waals surface area contributed by atoms with Gasteiger partial charge in [0.25, 0.3) is 0 Å². The van der Waals surface area contributed by atoms with Gasteiger partial charge in [0.05, 0.1) is 5.56 Å². The van der Waals surface area contributed by atoms with Crippen LogP contribution in [0.25, 0.3) is 10.9 Å². The van der Waals surface area contributed by atoms with Gasteiger partial charge in [0, 0.05) is 37.2 Å². The number of esters is 1. The van der Waals surface area contributed by atoms with Crippen LogP contribution in [0.3, 0.4) is 0 Å². The number of hydrogen-bond acceptors (Lipinski definition) is 3. The molecule has 4 nitrogen and oxygen atoms in total. The van der Waals surface area contributed by atoms with Gasteiger partial charge >= 0.3 is 5.97 Å². The number of aromatic nitrogens is 1. The number of benzene rings is 1. The van der Waals surface area contributed by atoms with Crippen molar-refractivity contribution < 1.29 is 9.53 Å². The van der Waals surface area contributed by atoms with E-state index in [-0.39, 0.29) is 12.1 Å². The Hall–Kier alpha value is -1.81. The molecule has 0 atom stereocenters. The average Bonchev–Trinajstić information content (AvgIpc) is 2.92. The molecule has 2 heterocycles. The largest absolute Gasteiger partial charge is 0.459 e. The van der Waals surface area contributed by atoms with Gasteiger partial charge in [-0.15, -0.1) is 0 Å². The quantitative estimate of drug-likeness (QED) is 0.791. The first kappa shape index (κ1) is 16.1. The van der Waals surface area contributed by atoms with Crippen LogP contribution in [-0.2, 0) is 11.8 Å². The molecule has 1 aliphatic heterocycles. The Kier molecular flexibility index (Phi) is 5.01. The Bertz CT molecular complexity index is 669. The predicted octanol–water partition coefficient (Wildman–Crippen LogP) is 3.60. The molecule has 0 radical (unpaired) electrons. The van der Waals surface area contributed by atoms with Crippen molar-refractivity contribution in [3.63, 3.8) is 0 Å². The van der Waals surface area contributed by atoms with E-state index in [4.69, 9.17) is 4.74 Å². The zero-order valence-electron chi connectivity index (χ0n) is 14.1. The maximum Gasteiger partial charge on any atom is 0.340 e. The molecule has 1 aliphatic rings. The number of unbranched alkanes of at least 4 members (excludes halogenated alkanes) is 1. The van der Waals surface area contributed by atoms with Crippen molar-refractivity contribution in [2.75, 3.05) is 19.6 Å². The van der Waals surface area contributed by atoms with Gasteiger partial charge in [-0.2, -0.15) is 0 Å². The second-order valence-corrected chi connectivity index (χ2v) is 6.47. The summed E-state index contributed by atoms with van der Waals surface area (Å²) < 4.78 is 7.76. The van der Waals surface area contributed by atoms with Crippen molar-refractivity contribution in [2.24, 2.45) is 7.05 Å². The van der Waals surface area contributed by atoms with E-state index in [9.17, 15) is 4.79 Å². The topological polar surface area (TPSA) is 34.5 Å². The number of para-hydroxylation sites is 1. The van der Waals surface area contributed by atoms with Crippen LogP contribution in [0.2, 0.25) is 0 Å². The highest BCUT2D eigenvalue weighted by Crippen LogP contribution is 2.23. The fraction of sp³-hybridized carbons (Fsp3) is 0.526. The molecule has 23 heavy (non-hydrogen) atoms. The van der Waals surface area contributed by atoms with Crippen molar-refractivity contribution >= 4 is 16.9 Å². The molecule has 2 aromatic rings. The summed E-state index contributed by atoms with van der Waals surface area (Å²) in [6.07, 6.45) is 6.31. The average molecular weight is 314 g/mol. The standard InChI is InChI=1S/C19H26N2O2/c1-3-4-11-21-12-9-15(10-13-21)23-19(22)17-14-20(2)18-8-6-5-7-16(17)18/h5-8,14-15H,3-4,9-13H2,1-2H3. The fourth-order valence-electron chi connectivity index (χ4n) is 3.35. The monoisotopic (exact) mass is 314 g/mol. The molecule has 0 bridgehead atoms. The molecule has 1 fully saturated rings. The zero-order valence-corrected chi connectivity index (χ0v) is 14.1. The van der Waals surface area contributed by atoms with Crippen LogP contribution in [-0.4, -0.2) is 41.2 Å². The summed E-state index contributed by atoms with van der Waals surface area (Å²) in [6.45, 7) is 5.46. The van der Waals surface area contributed by atoms with E-state index in [2.05, 4.69) is 11.8 Å². The number of carbonyl (C=O) groups is 1. The molecule has 0 saturated carbocycles. The molecule has 0 amide bonds. The van der Waals surface area contributed by atoms with Gasteiger partial charge in [0.15, 0.2) is 0 Å². The lowest BCUT2D eigenvalue weighted by Crippen LogP contribution is -2.38. The maximum atomic E-state index is 12.5. The number of ether oxygens (including phenoxy) is 1. The third-order valence-corrected chi connectivity index (χ3v) is 4.75. The van der Waals surface area contributed by atoms with Crippen molar-refractivity contribution in [3.05, 3.63) is 36.0 Å². The number of carbonyl (C=O) groups excluding carboxylic acids is 1. The van der Waals surface area contributed by atoms with Gasteiger partial charge in [0.2, 0.25) is 0 Å². The first-order chi connectivity index (χ1) is 11.2. The third-order valence-electron chi connectivity index (χ3n) is 4.75. The number of rotatable bonds is 5. The van der Waals surface area contributed by atoms with E-state index in [1.54, 1.807) is 0 Å². The van der Waals surface area contributed by atoms with E-state index in [1.807, 2.05) is 42.1 Å². The Labute approximate surface area is 138 Å². The van der Waals surface area contributed by atoms with Crippen LogP contribution in [0, 0.1) is 0 Å². The lowest BCUT2D eigenvalue weighted by molar-refractivity contribution is 0.0114. The normalized spacial score (nSPS) is 16.8. The minimum atomic E-state index is -0.186. The smallest absolute Gasteiger partial charge is 0.340 e. The summed E-state index contributed by atoms with van der Waals surface area (Å²) in [7, 11) is 1.96. The second kappa shape index (κ2) is 7.18. The Morgan fingerprint density at radius 1 is 1.26 bits per heavy atom. The van der Waals surface area contributed by atoms with Crippen LogP contribution in [0.1, 0.15) is 43.0 Å². The molecule has 0 N–H and O–H groups in total. The molecule has 1 aromatic carbocycles. The van der Waals surface area contributed by atoms with Gasteiger partial charge in [-0.25, -0.2) is 4.79 Å². The van der Waals surface area contributed by atoms with E-state index in [0.717, 1.165) is 36.8 Å². The lowest BCUT2D eigenvalue weighted by Gasteiger charge is -2.31. The number of fused-ring (bicyclic) bond motifs is 1. The number of likely N-dealkylation sites (tertiary alicyclic amines) is 1. The highest BCUT2D eigenvalue weighted by atomic mass is 16.5. The Balaban J connectivity index is 1.61. The first-order valence-electron chi connectivity index (χ1n) is 8.66. The van der Waals surface area contributed by atoms with E-state index in [1.165, 1.54) is 19.4 Å². The molecule has 4 heteroatoms. The van der Waals surface area contributed by atoms with Crippen LogP contribution >= 0.6 is 0 Å². The third kappa shape index (κ3) is 3.58. The van der Waals surface area contributed by atoms with Crippen molar-refractivity contribution in [1.29, 1.82) is 0 Å². The molecular weight excluding hydrogens is 288 g/mol. The van der Waals surface area contributed by atoms with Gasteiger partial charge in [-0.1, -0.05) is 31.5 Å². The first-order valence-corrected chi connectivity index (χ1v) is 8.66. The molecule has 1 saturated heterocycles. The Morgan fingerprint density at radius 2 is 2.00 bits per heavy atom. The summed E-state index contributed by atoms with van der Waals surface area (Å²) >= 11 is 0. The molecule has 1 aromatic heterocycles. The van der Waals surface area contributed by atoms with Gasteiger partial charge in [-0.3, -0.25) is 0 Å². The predicted molar refractivity (Wildman–Crippen MR) is 92.7 cm³/mol. The summed E-state index contributed by atoms with van der Waals surface area (Å²) in [5.41, 5.74) is 1.74. The minimum absolute atomic E-state index is 0.0549. The van der Waals surface area contributed by atoms with Gasteiger partial charge in [0.1, 0.15) is 6.10 Å². The second-order valence-electron chi connectivity index (χ2n) is 6.47. The van der Waals surface area contributed by atoms with Crippen LogP contribution in [0.5, 0.6) is 0 Å². The summed E-state index contributed by atoms with van der Waals surface area (Å²) in [6, 6.07) is 7.96. The zero-order chi connectivity index (χ0) is 16.2. The number of piperidine rings is 1. The Morgan fingerprint density at radius 3 is 2.74 bits per heavy atom. The van der Waals surface area contributed by atoms with Crippen LogP contribution < -0.4 is 0 Å². The summed E-state index contributed by atoms with van der Waals surface area (Å²) in [5.74, 6) is -0.186. The minimum Gasteiger partial charge on any atom is -0.459 e. The number of aryl methyl sites for hydroxylation is 1. The van der Waals surface area contributed by atoms with E-state index in [0.29, 0.717) is 5.56 Å². The lowest BCUT2D eigenvalue weighted by atomic mass is 10.1. The molecule has 3 rings (SSSR count). The number of nitrogens with zero attached hydrogens (tertiary/aromatic N) is 2. The van der Waals surface area contributed by atoms with Gasteiger partial charge in [-0.05, 0) is 31.9 Å². The fourth-order valence-corrected chi connectivity index (χ4v) is 3.35. The molecule has 0 aliphatic carbocycles. The summed E-state index contributed by atoms with van der Waals surface area (Å²) in [4.78, 5) is 15.0. The SMILES string of the molecule is CCCCN1CCC(OC(=O)c2cn(C)c3ccccc23)CC1. The highest BCUT2D eigenvalue weighted by Gasteiger charge is 2.24. The van der Waals surface area contributed by atoms with Crippen LogP contribution in [0.4, 0.5) is 0 Å². The highest BCUT2D eigenvalue weighted by molar-refractivity contribution is 6.04. The van der Waals surface area contributed by atoms with E-state index < -0.39 is 0 Å². The summed E-state index contributed by atoms with van der Waals surface area (Å²) in [5, 5.41) is 0.973. The van der Waals surface area contributed by atoms with E-state index >= 15 is 0 Å². The van der Waals surface area contributed by atoms with Crippen LogP contribution in [0.15, 0.2) is 30.5 Å². The molecule has 0 unspecified atom stereocenters. The van der Waals surface area contributed by atoms with Crippen molar-refractivity contribution in [1.82, 2.24) is 9.47 Å². The van der Waals surface area contributed by atoms with Gasteiger partial charge < -0.3 is 14.2 Å². The molecular formula is C19H26N2O2. The molecule has 0 spiro atoms. The number of hydrogen-bond donors (Lipinski definition) is 0. The van der Waals surface area contributed by atoms with Crippen molar-refractivity contribution in [2.45, 2.75) is 38.7 Å². The molecule has 124 valence electrons. The maximum absolute atomic E-state index is 12.5. The van der Waals surface area contributed by atoms with Crippen molar-refractivity contribution in [3.8, 4) is 0 Å².